The van der Waals surface area contributed by atoms with E-state index in [1.165, 1.54) is 0 Å². The molecular formula is C25H26N2O3. The number of amides is 2. The van der Waals surface area contributed by atoms with Gasteiger partial charge in [-0.05, 0) is 47.4 Å². The van der Waals surface area contributed by atoms with Gasteiger partial charge >= 0.3 is 0 Å². The molecule has 1 N–H and O–H groups in total. The molecule has 3 aromatic rings. The number of carbonyl (C=O) groups excluding carboxylic acids is 2. The second-order valence-electron chi connectivity index (χ2n) is 7.74. The van der Waals surface area contributed by atoms with E-state index in [9.17, 15) is 9.59 Å². The van der Waals surface area contributed by atoms with E-state index >= 15 is 0 Å². The van der Waals surface area contributed by atoms with Crippen molar-refractivity contribution < 1.29 is 14.3 Å². The quantitative estimate of drug-likeness (QED) is 0.685. The first-order chi connectivity index (χ1) is 14.7. The lowest BCUT2D eigenvalue weighted by Crippen LogP contribution is -2.43. The number of hydrogen-bond donors (Lipinski definition) is 1. The molecule has 5 nitrogen and oxygen atoms in total. The summed E-state index contributed by atoms with van der Waals surface area (Å²) in [6.07, 6.45) is 1.60. The zero-order valence-electron chi connectivity index (χ0n) is 17.1. The van der Waals surface area contributed by atoms with Crippen LogP contribution in [0.25, 0.3) is 10.8 Å². The van der Waals surface area contributed by atoms with Crippen LogP contribution in [0.3, 0.4) is 0 Å². The Hall–Kier alpha value is -3.18. The number of nitrogens with zero attached hydrogens (tertiary/aromatic N) is 1. The Morgan fingerprint density at radius 1 is 1.07 bits per heavy atom. The van der Waals surface area contributed by atoms with Gasteiger partial charge in [0, 0.05) is 31.5 Å². The largest absolute Gasteiger partial charge is 0.380 e. The topological polar surface area (TPSA) is 58.6 Å². The number of piperidine rings is 1. The molecule has 3 aromatic carbocycles. The predicted molar refractivity (Wildman–Crippen MR) is 118 cm³/mol. The summed E-state index contributed by atoms with van der Waals surface area (Å²) >= 11 is 0. The summed E-state index contributed by atoms with van der Waals surface area (Å²) in [4.78, 5) is 27.9. The third kappa shape index (κ3) is 4.36. The predicted octanol–water partition coefficient (Wildman–Crippen LogP) is 4.48. The molecule has 0 radical (unpaired) electrons. The van der Waals surface area contributed by atoms with Crippen LogP contribution in [-0.2, 0) is 16.1 Å². The van der Waals surface area contributed by atoms with E-state index in [0.717, 1.165) is 34.9 Å². The Bertz CT molecular complexity index is 1060. The maximum atomic E-state index is 13.2. The van der Waals surface area contributed by atoms with Gasteiger partial charge in [-0.15, -0.1) is 0 Å². The van der Waals surface area contributed by atoms with Crippen LogP contribution in [-0.4, -0.2) is 36.9 Å². The number of methoxy groups -OCH3 is 1. The SMILES string of the molecule is COCc1cccc(NC(=O)C2CCCN(C(=O)c3cccc4ccccc34)C2)c1. The Morgan fingerprint density at radius 3 is 2.73 bits per heavy atom. The molecule has 1 aliphatic heterocycles. The normalized spacial score (nSPS) is 16.4. The highest BCUT2D eigenvalue weighted by molar-refractivity contribution is 6.07. The first-order valence-electron chi connectivity index (χ1n) is 10.3. The van der Waals surface area contributed by atoms with Gasteiger partial charge in [-0.3, -0.25) is 9.59 Å². The van der Waals surface area contributed by atoms with Crippen LogP contribution in [0.2, 0.25) is 0 Å². The molecule has 1 aliphatic rings. The fourth-order valence-corrected chi connectivity index (χ4v) is 4.11. The molecule has 0 bridgehead atoms. The zero-order chi connectivity index (χ0) is 20.9. The maximum absolute atomic E-state index is 13.2. The number of ether oxygens (including phenoxy) is 1. The molecule has 1 atom stereocenters. The van der Waals surface area contributed by atoms with E-state index in [1.54, 1.807) is 7.11 Å². The van der Waals surface area contributed by atoms with Crippen LogP contribution < -0.4 is 5.32 Å². The summed E-state index contributed by atoms with van der Waals surface area (Å²) in [5, 5.41) is 5.00. The van der Waals surface area contributed by atoms with Gasteiger partial charge in [0.1, 0.15) is 0 Å². The van der Waals surface area contributed by atoms with Crippen molar-refractivity contribution in [3.05, 3.63) is 77.9 Å². The molecular weight excluding hydrogens is 376 g/mol. The van der Waals surface area contributed by atoms with Crippen molar-refractivity contribution in [2.75, 3.05) is 25.5 Å². The summed E-state index contributed by atoms with van der Waals surface area (Å²) in [6.45, 7) is 1.61. The van der Waals surface area contributed by atoms with Gasteiger partial charge in [-0.1, -0.05) is 48.5 Å². The van der Waals surface area contributed by atoms with Crippen molar-refractivity contribution in [1.82, 2.24) is 4.90 Å². The van der Waals surface area contributed by atoms with Crippen molar-refractivity contribution in [2.45, 2.75) is 19.4 Å². The van der Waals surface area contributed by atoms with Crippen molar-refractivity contribution in [3.8, 4) is 0 Å². The Kier molecular flexibility index (Phi) is 6.10. The van der Waals surface area contributed by atoms with E-state index in [-0.39, 0.29) is 17.7 Å². The van der Waals surface area contributed by atoms with Crippen LogP contribution >= 0.6 is 0 Å². The minimum absolute atomic E-state index is 0.00797. The molecule has 0 spiro atoms. The van der Waals surface area contributed by atoms with Crippen molar-refractivity contribution in [2.24, 2.45) is 5.92 Å². The molecule has 1 fully saturated rings. The number of carbonyl (C=O) groups is 2. The Morgan fingerprint density at radius 2 is 1.87 bits per heavy atom. The molecule has 1 heterocycles. The van der Waals surface area contributed by atoms with Gasteiger partial charge < -0.3 is 15.0 Å². The van der Waals surface area contributed by atoms with Crippen molar-refractivity contribution in [1.29, 1.82) is 0 Å². The van der Waals surface area contributed by atoms with Gasteiger partial charge in [0.05, 0.1) is 12.5 Å². The average Bonchev–Trinajstić information content (AvgIpc) is 2.79. The number of fused-ring (bicyclic) bond motifs is 1. The second kappa shape index (κ2) is 9.09. The molecule has 5 heteroatoms. The Balaban J connectivity index is 1.47. The van der Waals surface area contributed by atoms with Crippen molar-refractivity contribution >= 4 is 28.3 Å². The number of hydrogen-bond acceptors (Lipinski definition) is 3. The molecule has 0 aromatic heterocycles. The standard InChI is InChI=1S/C25H26N2O3/c1-30-17-18-7-4-11-21(15-18)26-24(28)20-10-6-14-27(16-20)25(29)23-13-5-9-19-8-2-3-12-22(19)23/h2-5,7-9,11-13,15,20H,6,10,14,16-17H2,1H3,(H,26,28). The van der Waals surface area contributed by atoms with Crippen LogP contribution in [0.15, 0.2) is 66.7 Å². The summed E-state index contributed by atoms with van der Waals surface area (Å²) in [5.41, 5.74) is 2.46. The molecule has 4 rings (SSSR count). The number of benzene rings is 3. The summed E-state index contributed by atoms with van der Waals surface area (Å²) in [7, 11) is 1.65. The highest BCUT2D eigenvalue weighted by Gasteiger charge is 2.29. The van der Waals surface area contributed by atoms with Crippen molar-refractivity contribution in [3.63, 3.8) is 0 Å². The highest BCUT2D eigenvalue weighted by atomic mass is 16.5. The Labute approximate surface area is 176 Å². The van der Waals surface area contributed by atoms with Crippen LogP contribution in [0.4, 0.5) is 5.69 Å². The minimum Gasteiger partial charge on any atom is -0.380 e. The van der Waals surface area contributed by atoms with Crippen LogP contribution in [0.1, 0.15) is 28.8 Å². The monoisotopic (exact) mass is 402 g/mol. The smallest absolute Gasteiger partial charge is 0.254 e. The van der Waals surface area contributed by atoms with Gasteiger partial charge in [0.15, 0.2) is 0 Å². The van der Waals surface area contributed by atoms with E-state index in [4.69, 9.17) is 4.74 Å². The number of anilines is 1. The third-order valence-electron chi connectivity index (χ3n) is 5.60. The van der Waals surface area contributed by atoms with Gasteiger partial charge in [0.2, 0.25) is 5.91 Å². The first-order valence-corrected chi connectivity index (χ1v) is 10.3. The number of nitrogens with one attached hydrogen (secondary N) is 1. The van der Waals surface area contributed by atoms with Crippen LogP contribution in [0, 0.1) is 5.92 Å². The third-order valence-corrected chi connectivity index (χ3v) is 5.60. The van der Waals surface area contributed by atoms with Gasteiger partial charge in [0.25, 0.3) is 5.91 Å². The van der Waals surface area contributed by atoms with Gasteiger partial charge in [-0.25, -0.2) is 0 Å². The lowest BCUT2D eigenvalue weighted by Gasteiger charge is -2.32. The molecule has 0 saturated carbocycles. The van der Waals surface area contributed by atoms with Crippen LogP contribution in [0.5, 0.6) is 0 Å². The summed E-state index contributed by atoms with van der Waals surface area (Å²) in [5.74, 6) is -0.268. The first kappa shape index (κ1) is 20.1. The minimum atomic E-state index is -0.219. The molecule has 154 valence electrons. The van der Waals surface area contributed by atoms with E-state index in [0.29, 0.717) is 25.3 Å². The zero-order valence-corrected chi connectivity index (χ0v) is 17.1. The van der Waals surface area contributed by atoms with Gasteiger partial charge in [-0.2, -0.15) is 0 Å². The lowest BCUT2D eigenvalue weighted by atomic mass is 9.95. The molecule has 30 heavy (non-hydrogen) atoms. The summed E-state index contributed by atoms with van der Waals surface area (Å²) < 4.78 is 5.16. The fraction of sp³-hybridized carbons (Fsp3) is 0.280. The van der Waals surface area contributed by atoms with E-state index in [1.807, 2.05) is 71.6 Å². The van der Waals surface area contributed by atoms with E-state index in [2.05, 4.69) is 5.32 Å². The lowest BCUT2D eigenvalue weighted by molar-refractivity contribution is -0.121. The maximum Gasteiger partial charge on any atom is 0.254 e. The molecule has 0 aliphatic carbocycles. The fourth-order valence-electron chi connectivity index (χ4n) is 4.11. The second-order valence-corrected chi connectivity index (χ2v) is 7.74. The number of likely N-dealkylation sites (tertiary alicyclic amines) is 1. The number of rotatable bonds is 5. The molecule has 1 saturated heterocycles. The highest BCUT2D eigenvalue weighted by Crippen LogP contribution is 2.24. The average molecular weight is 402 g/mol. The summed E-state index contributed by atoms with van der Waals surface area (Å²) in [6, 6.07) is 21.4. The van der Waals surface area contributed by atoms with E-state index < -0.39 is 0 Å². The molecule has 1 unspecified atom stereocenters. The molecule has 2 amide bonds.